The zero-order chi connectivity index (χ0) is 24.0. The molecule has 0 spiro atoms. The molecule has 3 rings (SSSR count). The maximum absolute atomic E-state index is 13.8. The monoisotopic (exact) mass is 439 g/mol. The molecule has 1 aliphatic heterocycles. The molecule has 0 aliphatic carbocycles. The first-order chi connectivity index (χ1) is 15.7. The minimum atomic E-state index is -1.09. The summed E-state index contributed by atoms with van der Waals surface area (Å²) in [6.45, 7) is 3.39. The molecular weight excluding hydrogens is 408 g/mol. The Bertz CT molecular complexity index is 928. The molecule has 2 aromatic rings. The Morgan fingerprint density at radius 3 is 2.16 bits per heavy atom. The van der Waals surface area contributed by atoms with Gasteiger partial charge in [-0.1, -0.05) is 60.7 Å². The number of aliphatic carboxylic acids is 1. The van der Waals surface area contributed by atoms with E-state index in [1.807, 2.05) is 60.7 Å². The van der Waals surface area contributed by atoms with Gasteiger partial charge in [-0.25, -0.2) is 9.59 Å². The van der Waals surface area contributed by atoms with Crippen LogP contribution in [0.15, 0.2) is 60.7 Å². The number of hydrogen-bond acceptors (Lipinski definition) is 4. The maximum Gasteiger partial charge on any atom is 0.408 e. The van der Waals surface area contributed by atoms with Crippen molar-refractivity contribution in [1.82, 2.24) is 10.2 Å². The van der Waals surface area contributed by atoms with E-state index >= 15 is 0 Å². The average molecular weight is 440 g/mol. The van der Waals surface area contributed by atoms with Crippen molar-refractivity contribution in [1.29, 1.82) is 0 Å². The minimum Gasteiger partial charge on any atom is -0.480 e. The van der Waals surface area contributed by atoms with Gasteiger partial charge in [-0.05, 0) is 44.7 Å². The zero-order valence-electron chi connectivity index (χ0n) is 19.4. The van der Waals surface area contributed by atoms with E-state index in [4.69, 9.17) is 6.11 Å². The second-order valence-electron chi connectivity index (χ2n) is 8.60. The summed E-state index contributed by atoms with van der Waals surface area (Å²) in [6, 6.07) is 16.6. The standard InChI is InChI=1S/C25H30N2O5/c1-25(2,3)32-24(31)26-21(22(28)27-16-10-15-19(27)23(29)30)20(17-11-6-4-7-12-17)18-13-8-5-9-14-18/h4-9,11-14,19-21H,10,15-16H2,1-3H3,(H,26,31)(H,29,30)/t19-,21-/m0/s1/i1D. The molecule has 1 saturated heterocycles. The number of likely N-dealkylation sites (tertiary alicyclic amines) is 1. The normalized spacial score (nSPS) is 17.5. The third-order valence-corrected chi connectivity index (χ3v) is 5.38. The fraction of sp³-hybridized carbons (Fsp3) is 0.400. The van der Waals surface area contributed by atoms with Crippen LogP contribution in [0.2, 0.25) is 0 Å². The van der Waals surface area contributed by atoms with Gasteiger partial charge in [0.1, 0.15) is 17.7 Å². The lowest BCUT2D eigenvalue weighted by molar-refractivity contribution is -0.149. The fourth-order valence-electron chi connectivity index (χ4n) is 4.06. The number of carboxylic acids is 1. The Labute approximate surface area is 189 Å². The van der Waals surface area contributed by atoms with Gasteiger partial charge in [-0.3, -0.25) is 4.79 Å². The van der Waals surface area contributed by atoms with Gasteiger partial charge in [-0.15, -0.1) is 0 Å². The summed E-state index contributed by atoms with van der Waals surface area (Å²) in [5.41, 5.74) is 0.561. The van der Waals surface area contributed by atoms with Crippen molar-refractivity contribution in [3.63, 3.8) is 0 Å². The van der Waals surface area contributed by atoms with Crippen LogP contribution in [0.25, 0.3) is 0 Å². The topological polar surface area (TPSA) is 95.9 Å². The summed E-state index contributed by atoms with van der Waals surface area (Å²) in [7, 11) is 0. The van der Waals surface area contributed by atoms with Crippen molar-refractivity contribution in [3.05, 3.63) is 71.8 Å². The number of nitrogens with one attached hydrogen (secondary N) is 1. The molecule has 1 aliphatic rings. The molecule has 7 heteroatoms. The van der Waals surface area contributed by atoms with Crippen molar-refractivity contribution in [2.45, 2.75) is 57.2 Å². The van der Waals surface area contributed by atoms with Crippen LogP contribution >= 0.6 is 0 Å². The SMILES string of the molecule is [2H]CC(C)(C)OC(=O)N[C@H](C(=O)N1CCC[C@H]1C(=O)O)C(c1ccccc1)c1ccccc1. The molecule has 1 heterocycles. The smallest absolute Gasteiger partial charge is 0.408 e. The molecule has 0 bridgehead atoms. The lowest BCUT2D eigenvalue weighted by Crippen LogP contribution is -2.54. The lowest BCUT2D eigenvalue weighted by atomic mass is 9.84. The first-order valence-electron chi connectivity index (χ1n) is 11.4. The average Bonchev–Trinajstić information content (AvgIpc) is 3.30. The number of amides is 2. The summed E-state index contributed by atoms with van der Waals surface area (Å²) in [5, 5.41) is 12.3. The molecule has 2 N–H and O–H groups in total. The van der Waals surface area contributed by atoms with Gasteiger partial charge in [0.2, 0.25) is 5.91 Å². The molecule has 0 saturated carbocycles. The highest BCUT2D eigenvalue weighted by Gasteiger charge is 2.42. The number of alkyl carbamates (subject to hydrolysis) is 1. The Morgan fingerprint density at radius 1 is 1.09 bits per heavy atom. The number of hydrogen-bond donors (Lipinski definition) is 2. The third kappa shape index (κ3) is 5.66. The number of rotatable bonds is 6. The molecule has 2 amide bonds. The highest BCUT2D eigenvalue weighted by molar-refractivity contribution is 5.91. The summed E-state index contributed by atoms with van der Waals surface area (Å²) in [6.07, 6.45) is 0.118. The van der Waals surface area contributed by atoms with Crippen molar-refractivity contribution < 1.29 is 25.6 Å². The molecule has 2 atom stereocenters. The van der Waals surface area contributed by atoms with E-state index in [1.165, 1.54) is 4.90 Å². The summed E-state index contributed by atoms with van der Waals surface area (Å²) in [4.78, 5) is 39.7. The van der Waals surface area contributed by atoms with Gasteiger partial charge >= 0.3 is 12.1 Å². The van der Waals surface area contributed by atoms with E-state index in [9.17, 15) is 19.5 Å². The molecule has 2 aromatic carbocycles. The Hall–Kier alpha value is -3.35. The van der Waals surface area contributed by atoms with Crippen LogP contribution in [-0.2, 0) is 14.3 Å². The molecule has 170 valence electrons. The van der Waals surface area contributed by atoms with Gasteiger partial charge < -0.3 is 20.1 Å². The lowest BCUT2D eigenvalue weighted by Gasteiger charge is -2.33. The van der Waals surface area contributed by atoms with Crippen molar-refractivity contribution in [3.8, 4) is 0 Å². The van der Waals surface area contributed by atoms with Crippen LogP contribution in [0.1, 0.15) is 52.0 Å². The predicted octanol–water partition coefficient (Wildman–Crippen LogP) is 3.79. The van der Waals surface area contributed by atoms with Gasteiger partial charge in [0.25, 0.3) is 0 Å². The number of nitrogens with zero attached hydrogens (tertiary/aromatic N) is 1. The van der Waals surface area contributed by atoms with Crippen LogP contribution in [0.4, 0.5) is 4.79 Å². The van der Waals surface area contributed by atoms with Gasteiger partial charge in [0.05, 0.1) is 0 Å². The highest BCUT2D eigenvalue weighted by Crippen LogP contribution is 2.31. The van der Waals surface area contributed by atoms with E-state index in [2.05, 4.69) is 5.32 Å². The summed E-state index contributed by atoms with van der Waals surface area (Å²) >= 11 is 0. The zero-order valence-corrected chi connectivity index (χ0v) is 18.4. The Kier molecular flexibility index (Phi) is 6.73. The predicted molar refractivity (Wildman–Crippen MR) is 120 cm³/mol. The van der Waals surface area contributed by atoms with E-state index in [0.29, 0.717) is 19.4 Å². The van der Waals surface area contributed by atoms with E-state index in [1.54, 1.807) is 13.8 Å². The number of carbonyl (C=O) groups excluding carboxylic acids is 2. The fourth-order valence-corrected chi connectivity index (χ4v) is 4.06. The van der Waals surface area contributed by atoms with Crippen LogP contribution < -0.4 is 5.32 Å². The van der Waals surface area contributed by atoms with Crippen molar-refractivity contribution in [2.75, 3.05) is 6.54 Å². The number of benzene rings is 2. The minimum absolute atomic E-state index is 0.146. The van der Waals surface area contributed by atoms with E-state index < -0.39 is 41.6 Å². The molecule has 7 nitrogen and oxygen atoms in total. The highest BCUT2D eigenvalue weighted by atomic mass is 16.6. The second kappa shape index (κ2) is 9.85. The van der Waals surface area contributed by atoms with Gasteiger partial charge in [0.15, 0.2) is 0 Å². The summed E-state index contributed by atoms with van der Waals surface area (Å²) < 4.78 is 13.0. The first-order valence-corrected chi connectivity index (χ1v) is 10.7. The van der Waals surface area contributed by atoms with Crippen LogP contribution in [0.5, 0.6) is 0 Å². The van der Waals surface area contributed by atoms with Crippen LogP contribution in [0, 0.1) is 0 Å². The van der Waals surface area contributed by atoms with Crippen LogP contribution in [-0.4, -0.2) is 52.2 Å². The summed E-state index contributed by atoms with van der Waals surface area (Å²) in [5.74, 6) is -2.10. The molecule has 0 aromatic heterocycles. The Morgan fingerprint density at radius 2 is 1.66 bits per heavy atom. The quantitative estimate of drug-likeness (QED) is 0.714. The number of carboxylic acid groups (broad SMARTS) is 1. The van der Waals surface area contributed by atoms with Crippen molar-refractivity contribution in [2.24, 2.45) is 0 Å². The molecule has 0 unspecified atom stereocenters. The Balaban J connectivity index is 2.04. The molecule has 32 heavy (non-hydrogen) atoms. The largest absolute Gasteiger partial charge is 0.480 e. The molecule has 0 radical (unpaired) electrons. The number of ether oxygens (including phenoxy) is 1. The van der Waals surface area contributed by atoms with Gasteiger partial charge in [0, 0.05) is 13.8 Å². The molecule has 1 fully saturated rings. The van der Waals surface area contributed by atoms with Crippen LogP contribution in [0.3, 0.4) is 0 Å². The van der Waals surface area contributed by atoms with E-state index in [0.717, 1.165) is 11.1 Å². The first kappa shape index (κ1) is 21.9. The third-order valence-electron chi connectivity index (χ3n) is 5.38. The van der Waals surface area contributed by atoms with Crippen molar-refractivity contribution >= 4 is 18.0 Å². The molecular formula is C25H30N2O5. The second-order valence-corrected chi connectivity index (χ2v) is 8.60. The van der Waals surface area contributed by atoms with E-state index in [-0.39, 0.29) is 6.90 Å². The number of carbonyl (C=O) groups is 3. The van der Waals surface area contributed by atoms with Gasteiger partial charge in [-0.2, -0.15) is 0 Å². The maximum atomic E-state index is 13.8.